The first kappa shape index (κ1) is 23.8. The van der Waals surface area contributed by atoms with Crippen molar-refractivity contribution in [3.05, 3.63) is 60.6 Å². The Hall–Kier alpha value is -4.58. The molecule has 0 radical (unpaired) electrons. The maximum absolute atomic E-state index is 12.3. The van der Waals surface area contributed by atoms with Crippen molar-refractivity contribution in [2.75, 3.05) is 11.1 Å². The first-order chi connectivity index (χ1) is 18.5. The molecule has 2 fully saturated rings. The molecule has 2 aliphatic rings. The van der Waals surface area contributed by atoms with Gasteiger partial charge in [0.2, 0.25) is 5.69 Å². The van der Waals surface area contributed by atoms with E-state index in [2.05, 4.69) is 19.9 Å². The van der Waals surface area contributed by atoms with Gasteiger partial charge in [0, 0.05) is 35.1 Å². The molecule has 1 atom stereocenters. The lowest BCUT2D eigenvalue weighted by Crippen LogP contribution is -2.21. The molecule has 6 rings (SSSR count). The van der Waals surface area contributed by atoms with Crippen LogP contribution in [-0.2, 0) is 4.74 Å². The zero-order valence-electron chi connectivity index (χ0n) is 21.1. The number of ether oxygens (including phenoxy) is 2. The highest BCUT2D eigenvalue weighted by atomic mass is 16.6. The number of nitriles is 1. The molecular weight excluding hydrogens is 480 g/mol. The third-order valence-electron chi connectivity index (χ3n) is 7.42. The molecule has 9 nitrogen and oxygen atoms in total. The molecule has 1 amide bonds. The minimum atomic E-state index is -0.435. The van der Waals surface area contributed by atoms with Crippen molar-refractivity contribution >= 4 is 28.4 Å². The van der Waals surface area contributed by atoms with Gasteiger partial charge >= 0.3 is 6.09 Å². The van der Waals surface area contributed by atoms with Gasteiger partial charge in [0.05, 0.1) is 16.9 Å². The highest BCUT2D eigenvalue weighted by molar-refractivity contribution is 6.02. The second-order valence-electron chi connectivity index (χ2n) is 9.97. The summed E-state index contributed by atoms with van der Waals surface area (Å²) in [5.41, 5.74) is 11.1. The van der Waals surface area contributed by atoms with Crippen molar-refractivity contribution in [2.45, 2.75) is 51.2 Å². The van der Waals surface area contributed by atoms with Crippen LogP contribution in [0.3, 0.4) is 0 Å². The van der Waals surface area contributed by atoms with Crippen LogP contribution in [0, 0.1) is 17.2 Å². The van der Waals surface area contributed by atoms with E-state index in [0.717, 1.165) is 47.8 Å². The van der Waals surface area contributed by atoms with E-state index in [9.17, 15) is 10.1 Å². The molecule has 0 unspecified atom stereocenters. The Bertz CT molecular complexity index is 1550. The second kappa shape index (κ2) is 9.71. The van der Waals surface area contributed by atoms with Gasteiger partial charge in [-0.05, 0) is 75.3 Å². The van der Waals surface area contributed by atoms with E-state index in [1.165, 1.54) is 18.8 Å². The van der Waals surface area contributed by atoms with E-state index >= 15 is 0 Å². The quantitative estimate of drug-likeness (QED) is 0.295. The Balaban J connectivity index is 1.31. The van der Waals surface area contributed by atoms with Gasteiger partial charge in [0.25, 0.3) is 5.88 Å². The summed E-state index contributed by atoms with van der Waals surface area (Å²) < 4.78 is 13.7. The van der Waals surface area contributed by atoms with Gasteiger partial charge in [-0.3, -0.25) is 5.32 Å². The second-order valence-corrected chi connectivity index (χ2v) is 9.97. The summed E-state index contributed by atoms with van der Waals surface area (Å²) in [5, 5.41) is 13.0. The van der Waals surface area contributed by atoms with Crippen LogP contribution in [0.5, 0.6) is 11.6 Å². The molecule has 38 heavy (non-hydrogen) atoms. The van der Waals surface area contributed by atoms with E-state index in [1.54, 1.807) is 0 Å². The first-order valence-electron chi connectivity index (χ1n) is 12.9. The minimum absolute atomic E-state index is 0.0680. The number of amides is 1. The molecule has 3 N–H and O–H groups in total. The van der Waals surface area contributed by atoms with Gasteiger partial charge in [-0.2, -0.15) is 5.26 Å². The van der Waals surface area contributed by atoms with Gasteiger partial charge in [-0.15, -0.1) is 0 Å². The van der Waals surface area contributed by atoms with Gasteiger partial charge in [-0.25, -0.2) is 14.8 Å². The van der Waals surface area contributed by atoms with E-state index in [-0.39, 0.29) is 17.7 Å². The van der Waals surface area contributed by atoms with E-state index in [0.29, 0.717) is 29.1 Å². The SMILES string of the molecule is C[C@@H](OC(=O)Nc1ccc(-c2c(N)c3cc(Oc4nccnc4C#N)ccc3n2C2CCC2)cc1)C1CC1. The van der Waals surface area contributed by atoms with E-state index < -0.39 is 6.09 Å². The minimum Gasteiger partial charge on any atom is -0.446 e. The Morgan fingerprint density at radius 2 is 1.89 bits per heavy atom. The summed E-state index contributed by atoms with van der Waals surface area (Å²) in [4.78, 5) is 20.4. The molecular formula is C29H28N6O3. The van der Waals surface area contributed by atoms with Gasteiger partial charge in [-0.1, -0.05) is 12.1 Å². The normalized spacial score (nSPS) is 15.9. The fraction of sp³-hybridized carbons (Fsp3) is 0.310. The molecule has 2 aliphatic carbocycles. The number of nitrogens with one attached hydrogen (secondary N) is 1. The standard InChI is InChI=1S/C29H28N6O3/c1-17(18-5-6-18)37-29(36)34-20-9-7-19(8-10-20)27-26(31)23-15-22(38-28-24(16-30)32-13-14-33-28)11-12-25(23)35(27)21-3-2-4-21/h7-15,17-18,21H,2-6,31H2,1H3,(H,34,36)/t17-/m1/s1. The zero-order chi connectivity index (χ0) is 26.2. The summed E-state index contributed by atoms with van der Waals surface area (Å²) in [6.07, 6.45) is 8.03. The van der Waals surface area contributed by atoms with Crippen LogP contribution in [0.15, 0.2) is 54.9 Å². The Kier molecular flexibility index (Phi) is 6.08. The number of rotatable bonds is 7. The van der Waals surface area contributed by atoms with Crippen LogP contribution >= 0.6 is 0 Å². The highest BCUT2D eigenvalue weighted by Gasteiger charge is 2.31. The molecule has 0 saturated heterocycles. The topological polar surface area (TPSA) is 128 Å². The fourth-order valence-corrected chi connectivity index (χ4v) is 4.98. The average molecular weight is 509 g/mol. The van der Waals surface area contributed by atoms with E-state index in [1.807, 2.05) is 55.5 Å². The molecule has 2 heterocycles. The van der Waals surface area contributed by atoms with Crippen molar-refractivity contribution in [1.29, 1.82) is 5.26 Å². The molecule has 2 saturated carbocycles. The molecule has 2 aromatic carbocycles. The molecule has 192 valence electrons. The number of aromatic nitrogens is 3. The van der Waals surface area contributed by atoms with Gasteiger partial charge in [0.1, 0.15) is 17.9 Å². The highest BCUT2D eigenvalue weighted by Crippen LogP contribution is 2.45. The molecule has 9 heteroatoms. The monoisotopic (exact) mass is 508 g/mol. The number of benzene rings is 2. The number of hydrogen-bond donors (Lipinski definition) is 2. The summed E-state index contributed by atoms with van der Waals surface area (Å²) >= 11 is 0. The predicted molar refractivity (Wildman–Crippen MR) is 144 cm³/mol. The predicted octanol–water partition coefficient (Wildman–Crippen LogP) is 6.42. The number of nitrogen functional groups attached to an aromatic ring is 1. The smallest absolute Gasteiger partial charge is 0.411 e. The lowest BCUT2D eigenvalue weighted by atomic mass is 9.92. The van der Waals surface area contributed by atoms with Gasteiger partial charge in [0.15, 0.2) is 0 Å². The Morgan fingerprint density at radius 1 is 1.13 bits per heavy atom. The molecule has 0 spiro atoms. The Morgan fingerprint density at radius 3 is 2.58 bits per heavy atom. The number of nitrogens with zero attached hydrogens (tertiary/aromatic N) is 4. The number of fused-ring (bicyclic) bond motifs is 1. The summed E-state index contributed by atoms with van der Waals surface area (Å²) in [7, 11) is 0. The molecule has 0 aliphatic heterocycles. The summed E-state index contributed by atoms with van der Waals surface area (Å²) in [6, 6.07) is 15.8. The lowest BCUT2D eigenvalue weighted by molar-refractivity contribution is 0.108. The van der Waals surface area contributed by atoms with Crippen LogP contribution in [0.25, 0.3) is 22.2 Å². The average Bonchev–Trinajstić information content (AvgIpc) is 3.70. The van der Waals surface area contributed by atoms with E-state index in [4.69, 9.17) is 15.2 Å². The molecule has 2 aromatic heterocycles. The third kappa shape index (κ3) is 4.50. The van der Waals surface area contributed by atoms with Crippen molar-refractivity contribution in [2.24, 2.45) is 5.92 Å². The maximum Gasteiger partial charge on any atom is 0.411 e. The number of nitrogens with two attached hydrogens (primary N) is 1. The van der Waals surface area contributed by atoms with Crippen molar-refractivity contribution in [3.63, 3.8) is 0 Å². The lowest BCUT2D eigenvalue weighted by Gasteiger charge is -2.30. The maximum atomic E-state index is 12.3. The molecule has 0 bridgehead atoms. The van der Waals surface area contributed by atoms with Crippen LogP contribution in [-0.4, -0.2) is 26.7 Å². The largest absolute Gasteiger partial charge is 0.446 e. The van der Waals surface area contributed by atoms with Crippen molar-refractivity contribution in [3.8, 4) is 29.0 Å². The number of anilines is 2. The van der Waals surface area contributed by atoms with Crippen molar-refractivity contribution < 1.29 is 14.3 Å². The number of carbonyl (C=O) groups is 1. The fourth-order valence-electron chi connectivity index (χ4n) is 4.98. The summed E-state index contributed by atoms with van der Waals surface area (Å²) in [5.74, 6) is 1.16. The molecule has 4 aromatic rings. The van der Waals surface area contributed by atoms with Crippen molar-refractivity contribution in [1.82, 2.24) is 14.5 Å². The van der Waals surface area contributed by atoms with Gasteiger partial charge < -0.3 is 19.8 Å². The van der Waals surface area contributed by atoms with Crippen LogP contribution < -0.4 is 15.8 Å². The summed E-state index contributed by atoms with van der Waals surface area (Å²) in [6.45, 7) is 1.94. The number of carbonyl (C=O) groups excluding carboxylic acids is 1. The zero-order valence-corrected chi connectivity index (χ0v) is 21.1. The Labute approximate surface area is 220 Å². The third-order valence-corrected chi connectivity index (χ3v) is 7.42. The number of hydrogen-bond acceptors (Lipinski definition) is 7. The van der Waals surface area contributed by atoms with Crippen LogP contribution in [0.1, 0.15) is 50.8 Å². The van der Waals surface area contributed by atoms with Crippen LogP contribution in [0.4, 0.5) is 16.2 Å². The van der Waals surface area contributed by atoms with Crippen LogP contribution in [0.2, 0.25) is 0 Å². The first-order valence-corrected chi connectivity index (χ1v) is 12.9.